The highest BCUT2D eigenvalue weighted by atomic mass is 19.4. The number of alkyl halides is 3. The zero-order valence-corrected chi connectivity index (χ0v) is 15.7. The molecule has 0 saturated heterocycles. The van der Waals surface area contributed by atoms with Crippen molar-refractivity contribution < 1.29 is 22.7 Å². The number of ether oxygens (including phenoxy) is 1. The van der Waals surface area contributed by atoms with Crippen LogP contribution in [0.2, 0.25) is 0 Å². The highest BCUT2D eigenvalue weighted by molar-refractivity contribution is 5.98. The Balaban J connectivity index is 1.51. The fourth-order valence-electron chi connectivity index (χ4n) is 2.33. The highest BCUT2D eigenvalue weighted by Crippen LogP contribution is 2.29. The Morgan fingerprint density at radius 1 is 1.07 bits per heavy atom. The van der Waals surface area contributed by atoms with E-state index < -0.39 is 11.7 Å². The highest BCUT2D eigenvalue weighted by Gasteiger charge is 2.29. The summed E-state index contributed by atoms with van der Waals surface area (Å²) < 4.78 is 43.2. The van der Waals surface area contributed by atoms with Gasteiger partial charge in [-0.1, -0.05) is 17.3 Å². The average molecular weight is 405 g/mol. The van der Waals surface area contributed by atoms with Gasteiger partial charge in [-0.05, 0) is 37.6 Å². The van der Waals surface area contributed by atoms with Gasteiger partial charge in [0.2, 0.25) is 5.88 Å². The number of rotatable bonds is 7. The first-order chi connectivity index (χ1) is 13.8. The number of aryl methyl sites for hydroxylation is 1. The molecule has 29 heavy (non-hydrogen) atoms. The number of nitrogens with zero attached hydrogens (tertiary/aromatic N) is 4. The van der Waals surface area contributed by atoms with Gasteiger partial charge in [-0.15, -0.1) is 10.2 Å². The third kappa shape index (κ3) is 5.77. The molecule has 10 heteroatoms. The Labute approximate surface area is 164 Å². The maximum atomic E-state index is 12.6. The molecule has 1 aromatic carbocycles. The van der Waals surface area contributed by atoms with Crippen LogP contribution < -0.4 is 4.74 Å². The Morgan fingerprint density at radius 3 is 2.41 bits per heavy atom. The van der Waals surface area contributed by atoms with Gasteiger partial charge in [-0.3, -0.25) is 0 Å². The molecule has 3 rings (SSSR count). The fraction of sp³-hybridized carbons (Fsp3) is 0.263. The third-order valence-corrected chi connectivity index (χ3v) is 3.87. The largest absolute Gasteiger partial charge is 0.469 e. The molecule has 7 nitrogen and oxygen atoms in total. The van der Waals surface area contributed by atoms with Crippen molar-refractivity contribution >= 4 is 5.71 Å². The predicted molar refractivity (Wildman–Crippen MR) is 98.1 cm³/mol. The molecule has 0 radical (unpaired) electrons. The molecule has 0 unspecified atom stereocenters. The Hall–Kier alpha value is -3.43. The van der Waals surface area contributed by atoms with Crippen LogP contribution >= 0.6 is 0 Å². The lowest BCUT2D eigenvalue weighted by Gasteiger charge is -2.07. The van der Waals surface area contributed by atoms with E-state index in [9.17, 15) is 13.2 Å². The van der Waals surface area contributed by atoms with Gasteiger partial charge < -0.3 is 14.6 Å². The third-order valence-electron chi connectivity index (χ3n) is 3.87. The second kappa shape index (κ2) is 8.72. The van der Waals surface area contributed by atoms with Gasteiger partial charge >= 0.3 is 6.18 Å². The maximum absolute atomic E-state index is 12.6. The summed E-state index contributed by atoms with van der Waals surface area (Å²) in [6.45, 7) is 3.81. The number of hydrogen-bond donors (Lipinski definition) is 1. The minimum absolute atomic E-state index is 0.0562. The number of hydrogen-bond acceptors (Lipinski definition) is 6. The van der Waals surface area contributed by atoms with Crippen LogP contribution in [-0.2, 0) is 24.2 Å². The van der Waals surface area contributed by atoms with Crippen molar-refractivity contribution in [1.29, 1.82) is 0 Å². The zero-order chi connectivity index (χ0) is 20.9. The molecule has 152 valence electrons. The fourth-order valence-corrected chi connectivity index (χ4v) is 2.33. The Morgan fingerprint density at radius 2 is 1.83 bits per heavy atom. The second-order valence-electron chi connectivity index (χ2n) is 6.18. The monoisotopic (exact) mass is 405 g/mol. The van der Waals surface area contributed by atoms with Crippen molar-refractivity contribution in [2.45, 2.75) is 33.2 Å². The molecule has 0 bridgehead atoms. The quantitative estimate of drug-likeness (QED) is 0.474. The summed E-state index contributed by atoms with van der Waals surface area (Å²) in [4.78, 5) is 12.4. The molecule has 0 aliphatic carbocycles. The van der Waals surface area contributed by atoms with Crippen molar-refractivity contribution in [2.24, 2.45) is 5.16 Å². The van der Waals surface area contributed by atoms with Crippen molar-refractivity contribution in [1.82, 2.24) is 20.2 Å². The average Bonchev–Trinajstić information content (AvgIpc) is 3.11. The van der Waals surface area contributed by atoms with Crippen LogP contribution in [0, 0.1) is 6.92 Å². The lowest BCUT2D eigenvalue weighted by molar-refractivity contribution is -0.137. The molecule has 2 heterocycles. The van der Waals surface area contributed by atoms with E-state index in [0.29, 0.717) is 28.8 Å². The Bertz CT molecular complexity index is 967. The van der Waals surface area contributed by atoms with E-state index in [0.717, 1.165) is 17.7 Å². The van der Waals surface area contributed by atoms with Crippen molar-refractivity contribution in [3.05, 3.63) is 70.9 Å². The lowest BCUT2D eigenvalue weighted by atomic mass is 10.1. The number of oxime groups is 1. The molecule has 0 amide bonds. The molecule has 0 spiro atoms. The number of aromatic amines is 1. The van der Waals surface area contributed by atoms with Crippen LogP contribution in [0.25, 0.3) is 0 Å². The van der Waals surface area contributed by atoms with Crippen molar-refractivity contribution in [3.63, 3.8) is 0 Å². The number of nitrogens with one attached hydrogen (secondary N) is 1. The molecule has 0 aliphatic rings. The summed E-state index contributed by atoms with van der Waals surface area (Å²) >= 11 is 0. The molecule has 1 N–H and O–H groups in total. The zero-order valence-electron chi connectivity index (χ0n) is 15.7. The van der Waals surface area contributed by atoms with Gasteiger partial charge in [-0.25, -0.2) is 4.98 Å². The van der Waals surface area contributed by atoms with E-state index in [2.05, 4.69) is 25.3 Å². The van der Waals surface area contributed by atoms with Gasteiger partial charge in [0.15, 0.2) is 5.82 Å². The first-order valence-corrected chi connectivity index (χ1v) is 8.61. The van der Waals surface area contributed by atoms with E-state index in [4.69, 9.17) is 9.57 Å². The number of benzene rings is 1. The van der Waals surface area contributed by atoms with Gasteiger partial charge in [0.25, 0.3) is 0 Å². The maximum Gasteiger partial charge on any atom is 0.416 e. The predicted octanol–water partition coefficient (Wildman–Crippen LogP) is 4.05. The molecule has 3 aromatic rings. The van der Waals surface area contributed by atoms with Gasteiger partial charge in [0.1, 0.15) is 19.0 Å². The molecule has 0 aliphatic heterocycles. The molecular weight excluding hydrogens is 387 g/mol. The summed E-state index contributed by atoms with van der Waals surface area (Å²) in [5.74, 6) is 1.72. The topological polar surface area (TPSA) is 85.3 Å². The molecular formula is C19H18F3N5O2. The summed E-state index contributed by atoms with van der Waals surface area (Å²) in [7, 11) is 0. The molecule has 0 fully saturated rings. The van der Waals surface area contributed by atoms with E-state index >= 15 is 0 Å². The number of H-pyrrole nitrogens is 1. The lowest BCUT2D eigenvalue weighted by Crippen LogP contribution is -2.04. The summed E-state index contributed by atoms with van der Waals surface area (Å²) in [5, 5.41) is 11.7. The van der Waals surface area contributed by atoms with E-state index in [1.54, 1.807) is 32.2 Å². The number of pyridine rings is 1. The van der Waals surface area contributed by atoms with E-state index in [-0.39, 0.29) is 13.2 Å². The standard InChI is InChI=1S/C19H18F3N5O2/c1-12(27-29-10-14-3-6-16(7-4-14)19(20,21)22)15-5-8-18(23-9-15)28-11-17-24-13(2)25-26-17/h3-9H,10-11H2,1-2H3,(H,24,25,26)/b27-12+. The molecule has 2 aromatic heterocycles. The second-order valence-corrected chi connectivity index (χ2v) is 6.18. The summed E-state index contributed by atoms with van der Waals surface area (Å²) in [6, 6.07) is 8.20. The number of halogens is 3. The first-order valence-electron chi connectivity index (χ1n) is 8.61. The van der Waals surface area contributed by atoms with Crippen molar-refractivity contribution in [3.8, 4) is 5.88 Å². The van der Waals surface area contributed by atoms with E-state index in [1.165, 1.54) is 12.1 Å². The molecule has 0 saturated carbocycles. The minimum Gasteiger partial charge on any atom is -0.469 e. The van der Waals surface area contributed by atoms with Gasteiger partial charge in [0, 0.05) is 17.8 Å². The number of aromatic nitrogens is 4. The van der Waals surface area contributed by atoms with Crippen LogP contribution in [0.1, 0.15) is 35.3 Å². The van der Waals surface area contributed by atoms with Crippen LogP contribution in [-0.4, -0.2) is 25.9 Å². The summed E-state index contributed by atoms with van der Waals surface area (Å²) in [6.07, 6.45) is -2.77. The van der Waals surface area contributed by atoms with E-state index in [1.807, 2.05) is 0 Å². The van der Waals surface area contributed by atoms with Crippen molar-refractivity contribution in [2.75, 3.05) is 0 Å². The molecule has 0 atom stereocenters. The smallest absolute Gasteiger partial charge is 0.416 e. The SMILES string of the molecule is C/C(=N\OCc1ccc(C(F)(F)F)cc1)c1ccc(OCc2nnc(C)[nH]2)nc1. The summed E-state index contributed by atoms with van der Waals surface area (Å²) in [5.41, 5.74) is 1.17. The van der Waals surface area contributed by atoms with Crippen LogP contribution in [0.4, 0.5) is 13.2 Å². The Kier molecular flexibility index (Phi) is 6.10. The minimum atomic E-state index is -4.36. The normalized spacial score (nSPS) is 12.1. The van der Waals surface area contributed by atoms with Gasteiger partial charge in [-0.2, -0.15) is 13.2 Å². The first kappa shape index (κ1) is 20.3. The van der Waals surface area contributed by atoms with Crippen LogP contribution in [0.15, 0.2) is 47.8 Å². The van der Waals surface area contributed by atoms with Crippen LogP contribution in [0.5, 0.6) is 5.88 Å². The van der Waals surface area contributed by atoms with Gasteiger partial charge in [0.05, 0.1) is 11.3 Å². The van der Waals surface area contributed by atoms with Crippen LogP contribution in [0.3, 0.4) is 0 Å².